The maximum absolute atomic E-state index is 13.0. The summed E-state index contributed by atoms with van der Waals surface area (Å²) in [5, 5.41) is 2.75. The van der Waals surface area contributed by atoms with Crippen molar-refractivity contribution in [3.63, 3.8) is 0 Å². The summed E-state index contributed by atoms with van der Waals surface area (Å²) in [7, 11) is 0. The van der Waals surface area contributed by atoms with E-state index in [0.717, 1.165) is 22.6 Å². The molecule has 0 spiro atoms. The van der Waals surface area contributed by atoms with E-state index >= 15 is 0 Å². The summed E-state index contributed by atoms with van der Waals surface area (Å²) in [6, 6.07) is 11.6. The molecule has 28 heavy (non-hydrogen) atoms. The Morgan fingerprint density at radius 3 is 2.29 bits per heavy atom. The van der Waals surface area contributed by atoms with Crippen molar-refractivity contribution in [2.24, 2.45) is 0 Å². The SMILES string of the molecule is CCCN1C(=O)C(Nc2cccc(C(F)(F)F)c2)=C(c2ccc(C)cc2)C1=O. The van der Waals surface area contributed by atoms with E-state index in [1.807, 2.05) is 26.0 Å². The number of benzene rings is 2. The van der Waals surface area contributed by atoms with Crippen LogP contribution in [-0.4, -0.2) is 23.3 Å². The van der Waals surface area contributed by atoms with Crippen LogP contribution in [0.1, 0.15) is 30.0 Å². The summed E-state index contributed by atoms with van der Waals surface area (Å²) in [6.07, 6.45) is -3.93. The van der Waals surface area contributed by atoms with Crippen LogP contribution in [-0.2, 0) is 15.8 Å². The van der Waals surface area contributed by atoms with Gasteiger partial charge in [0.05, 0.1) is 11.1 Å². The number of nitrogens with zero attached hydrogens (tertiary/aromatic N) is 1. The minimum absolute atomic E-state index is 0.0124. The van der Waals surface area contributed by atoms with Gasteiger partial charge in [-0.15, -0.1) is 0 Å². The van der Waals surface area contributed by atoms with Crippen LogP contribution in [0.2, 0.25) is 0 Å². The molecule has 0 bridgehead atoms. The Hall–Kier alpha value is -3.09. The minimum atomic E-state index is -4.50. The third-order valence-electron chi connectivity index (χ3n) is 4.41. The number of anilines is 1. The number of amides is 2. The number of halogens is 3. The molecule has 0 unspecified atom stereocenters. The first-order valence-electron chi connectivity index (χ1n) is 8.84. The maximum atomic E-state index is 13.0. The molecule has 0 fully saturated rings. The zero-order chi connectivity index (χ0) is 20.5. The summed E-state index contributed by atoms with van der Waals surface area (Å²) >= 11 is 0. The topological polar surface area (TPSA) is 49.4 Å². The Morgan fingerprint density at radius 2 is 1.68 bits per heavy atom. The molecule has 146 valence electrons. The molecule has 1 N–H and O–H groups in total. The molecule has 2 aromatic rings. The Morgan fingerprint density at radius 1 is 1.00 bits per heavy atom. The van der Waals surface area contributed by atoms with Gasteiger partial charge in [-0.3, -0.25) is 14.5 Å². The molecule has 7 heteroatoms. The van der Waals surface area contributed by atoms with Gasteiger partial charge in [-0.05, 0) is 37.1 Å². The first-order chi connectivity index (χ1) is 13.2. The molecule has 2 amide bonds. The number of hydrogen-bond acceptors (Lipinski definition) is 3. The van der Waals surface area contributed by atoms with Gasteiger partial charge in [0.25, 0.3) is 11.8 Å². The highest BCUT2D eigenvalue weighted by molar-refractivity contribution is 6.36. The van der Waals surface area contributed by atoms with E-state index in [-0.39, 0.29) is 23.5 Å². The fourth-order valence-corrected chi connectivity index (χ4v) is 3.02. The van der Waals surface area contributed by atoms with Gasteiger partial charge < -0.3 is 5.32 Å². The van der Waals surface area contributed by atoms with Crippen molar-refractivity contribution in [1.82, 2.24) is 4.90 Å². The quantitative estimate of drug-likeness (QED) is 0.761. The van der Waals surface area contributed by atoms with E-state index < -0.39 is 23.6 Å². The van der Waals surface area contributed by atoms with Gasteiger partial charge in [-0.25, -0.2) is 0 Å². The average Bonchev–Trinajstić information content (AvgIpc) is 2.87. The standard InChI is InChI=1S/C21H19F3N2O2/c1-3-11-26-19(27)17(14-9-7-13(2)8-10-14)18(20(26)28)25-16-6-4-5-15(12-16)21(22,23)24/h4-10,12,25H,3,11H2,1-2H3. The van der Waals surface area contributed by atoms with Gasteiger partial charge in [0.15, 0.2) is 0 Å². The lowest BCUT2D eigenvalue weighted by molar-refractivity contribution is -0.138. The van der Waals surface area contributed by atoms with Crippen LogP contribution in [0, 0.1) is 6.92 Å². The molecule has 0 saturated carbocycles. The van der Waals surface area contributed by atoms with Gasteiger partial charge in [0, 0.05) is 12.2 Å². The van der Waals surface area contributed by atoms with Gasteiger partial charge in [0.1, 0.15) is 5.70 Å². The molecule has 1 aliphatic heterocycles. The third kappa shape index (κ3) is 3.78. The van der Waals surface area contributed by atoms with Crippen LogP contribution in [0.5, 0.6) is 0 Å². The lowest BCUT2D eigenvalue weighted by atomic mass is 10.0. The van der Waals surface area contributed by atoms with Crippen molar-refractivity contribution in [3.8, 4) is 0 Å². The Labute approximate surface area is 160 Å². The fourth-order valence-electron chi connectivity index (χ4n) is 3.02. The largest absolute Gasteiger partial charge is 0.416 e. The summed E-state index contributed by atoms with van der Waals surface area (Å²) in [5.41, 5.74) is 0.930. The molecular formula is C21H19F3N2O2. The van der Waals surface area contributed by atoms with E-state index in [0.29, 0.717) is 12.0 Å². The van der Waals surface area contributed by atoms with E-state index in [1.165, 1.54) is 12.1 Å². The number of carbonyl (C=O) groups is 2. The normalized spacial score (nSPS) is 14.8. The second-order valence-corrected chi connectivity index (χ2v) is 6.58. The van der Waals surface area contributed by atoms with Crippen molar-refractivity contribution >= 4 is 23.1 Å². The monoisotopic (exact) mass is 388 g/mol. The van der Waals surface area contributed by atoms with Crippen LogP contribution in [0.25, 0.3) is 5.57 Å². The number of imide groups is 1. The smallest absolute Gasteiger partial charge is 0.350 e. The van der Waals surface area contributed by atoms with Crippen LogP contribution < -0.4 is 5.32 Å². The van der Waals surface area contributed by atoms with Crippen LogP contribution >= 0.6 is 0 Å². The number of nitrogens with one attached hydrogen (secondary N) is 1. The Balaban J connectivity index is 2.06. The first kappa shape index (κ1) is 19.7. The Kier molecular flexibility index (Phi) is 5.27. The van der Waals surface area contributed by atoms with Gasteiger partial charge >= 0.3 is 6.18 Å². The van der Waals surface area contributed by atoms with Crippen LogP contribution in [0.15, 0.2) is 54.2 Å². The molecule has 0 atom stereocenters. The van der Waals surface area contributed by atoms with E-state index in [9.17, 15) is 22.8 Å². The molecule has 0 aliphatic carbocycles. The summed E-state index contributed by atoms with van der Waals surface area (Å²) < 4.78 is 39.0. The highest BCUT2D eigenvalue weighted by Crippen LogP contribution is 2.33. The summed E-state index contributed by atoms with van der Waals surface area (Å²) in [5.74, 6) is -0.995. The number of hydrogen-bond donors (Lipinski definition) is 1. The second kappa shape index (κ2) is 7.50. The molecule has 0 saturated heterocycles. The second-order valence-electron chi connectivity index (χ2n) is 6.58. The first-order valence-corrected chi connectivity index (χ1v) is 8.84. The van der Waals surface area contributed by atoms with E-state index in [2.05, 4.69) is 5.32 Å². The van der Waals surface area contributed by atoms with Crippen LogP contribution in [0.3, 0.4) is 0 Å². The van der Waals surface area contributed by atoms with Crippen molar-refractivity contribution in [1.29, 1.82) is 0 Å². The van der Waals surface area contributed by atoms with Gasteiger partial charge in [0.2, 0.25) is 0 Å². The molecular weight excluding hydrogens is 369 g/mol. The predicted molar refractivity (Wildman–Crippen MR) is 100 cm³/mol. The minimum Gasteiger partial charge on any atom is -0.350 e. The molecule has 1 heterocycles. The van der Waals surface area contributed by atoms with Crippen molar-refractivity contribution in [3.05, 3.63) is 70.9 Å². The van der Waals surface area contributed by atoms with Gasteiger partial charge in [-0.2, -0.15) is 13.2 Å². The fraction of sp³-hybridized carbons (Fsp3) is 0.238. The number of rotatable bonds is 5. The number of aryl methyl sites for hydroxylation is 1. The molecule has 1 aliphatic rings. The molecule has 3 rings (SSSR count). The van der Waals surface area contributed by atoms with E-state index in [4.69, 9.17) is 0 Å². The van der Waals surface area contributed by atoms with Gasteiger partial charge in [-0.1, -0.05) is 42.8 Å². The Bertz CT molecular complexity index is 947. The highest BCUT2D eigenvalue weighted by Gasteiger charge is 2.39. The molecule has 2 aromatic carbocycles. The zero-order valence-corrected chi connectivity index (χ0v) is 15.4. The molecule has 0 aromatic heterocycles. The highest BCUT2D eigenvalue weighted by atomic mass is 19.4. The lowest BCUT2D eigenvalue weighted by Gasteiger charge is -2.14. The van der Waals surface area contributed by atoms with Crippen LogP contribution in [0.4, 0.5) is 18.9 Å². The number of alkyl halides is 3. The summed E-state index contributed by atoms with van der Waals surface area (Å²) in [6.45, 7) is 3.97. The third-order valence-corrected chi connectivity index (χ3v) is 4.41. The molecule has 4 nitrogen and oxygen atoms in total. The average molecular weight is 388 g/mol. The summed E-state index contributed by atoms with van der Waals surface area (Å²) in [4.78, 5) is 26.8. The number of carbonyl (C=O) groups excluding carboxylic acids is 2. The van der Waals surface area contributed by atoms with Crippen molar-refractivity contribution in [2.45, 2.75) is 26.4 Å². The van der Waals surface area contributed by atoms with Crippen molar-refractivity contribution in [2.75, 3.05) is 11.9 Å². The molecule has 0 radical (unpaired) electrons. The maximum Gasteiger partial charge on any atom is 0.416 e. The van der Waals surface area contributed by atoms with E-state index in [1.54, 1.807) is 12.1 Å². The predicted octanol–water partition coefficient (Wildman–Crippen LogP) is 4.62. The van der Waals surface area contributed by atoms with Crippen molar-refractivity contribution < 1.29 is 22.8 Å². The lowest BCUT2D eigenvalue weighted by Crippen LogP contribution is -2.33. The zero-order valence-electron chi connectivity index (χ0n) is 15.4.